The van der Waals surface area contributed by atoms with Gasteiger partial charge in [-0.25, -0.2) is 0 Å². The normalized spacial score (nSPS) is 10.8. The van der Waals surface area contributed by atoms with Gasteiger partial charge >= 0.3 is 0 Å². The van der Waals surface area contributed by atoms with Crippen molar-refractivity contribution in [3.63, 3.8) is 0 Å². The molecule has 0 saturated heterocycles. The van der Waals surface area contributed by atoms with Gasteiger partial charge in [-0.3, -0.25) is 0 Å². The number of nitrogens with one attached hydrogen (secondary N) is 1. The van der Waals surface area contributed by atoms with Crippen LogP contribution in [0.25, 0.3) is 0 Å². The molecule has 0 atom stereocenters. The Kier molecular flexibility index (Phi) is 5.71. The van der Waals surface area contributed by atoms with Crippen LogP contribution in [0.15, 0.2) is 29.2 Å². The summed E-state index contributed by atoms with van der Waals surface area (Å²) in [5.41, 5.74) is 1.28. The molecule has 3 heteroatoms. The molecule has 0 aliphatic heterocycles. The van der Waals surface area contributed by atoms with E-state index >= 15 is 0 Å². The molecule has 2 nitrogen and oxygen atoms in total. The standard InChI is InChI=1S/C13H22N2S/c1-11(2)14-9-10-15(3)12-5-7-13(16-4)8-6-12/h5-8,11,14H,9-10H2,1-4H3. The van der Waals surface area contributed by atoms with Crippen LogP contribution in [0.1, 0.15) is 13.8 Å². The first-order chi connectivity index (χ1) is 7.63. The quantitative estimate of drug-likeness (QED) is 0.767. The molecule has 0 spiro atoms. The maximum absolute atomic E-state index is 3.42. The van der Waals surface area contributed by atoms with Gasteiger partial charge in [0.05, 0.1) is 0 Å². The Morgan fingerprint density at radius 2 is 1.88 bits per heavy atom. The lowest BCUT2D eigenvalue weighted by molar-refractivity contribution is 0.589. The monoisotopic (exact) mass is 238 g/mol. The molecule has 0 bridgehead atoms. The van der Waals surface area contributed by atoms with Crippen LogP contribution in [0, 0.1) is 0 Å². The highest BCUT2D eigenvalue weighted by Gasteiger charge is 2.00. The van der Waals surface area contributed by atoms with E-state index in [2.05, 4.69) is 61.6 Å². The lowest BCUT2D eigenvalue weighted by Gasteiger charge is -2.20. The first-order valence-corrected chi connectivity index (χ1v) is 6.94. The van der Waals surface area contributed by atoms with Gasteiger partial charge in [0, 0.05) is 36.8 Å². The van der Waals surface area contributed by atoms with Crippen molar-refractivity contribution in [3.8, 4) is 0 Å². The molecule has 0 radical (unpaired) electrons. The second kappa shape index (κ2) is 6.81. The zero-order valence-corrected chi connectivity index (χ0v) is 11.5. The van der Waals surface area contributed by atoms with Crippen molar-refractivity contribution >= 4 is 17.4 Å². The third-order valence-corrected chi connectivity index (χ3v) is 3.26. The van der Waals surface area contributed by atoms with Crippen LogP contribution in [0.3, 0.4) is 0 Å². The molecule has 0 aliphatic carbocycles. The predicted molar refractivity (Wildman–Crippen MR) is 74.6 cm³/mol. The Bertz CT molecular complexity index is 295. The lowest BCUT2D eigenvalue weighted by atomic mass is 10.3. The second-order valence-electron chi connectivity index (χ2n) is 4.23. The summed E-state index contributed by atoms with van der Waals surface area (Å²) in [5.74, 6) is 0. The molecule has 0 unspecified atom stereocenters. The SMILES string of the molecule is CSc1ccc(N(C)CCNC(C)C)cc1. The van der Waals surface area contributed by atoms with Gasteiger partial charge in [-0.1, -0.05) is 13.8 Å². The minimum absolute atomic E-state index is 0.562. The topological polar surface area (TPSA) is 15.3 Å². The van der Waals surface area contributed by atoms with E-state index in [-0.39, 0.29) is 0 Å². The van der Waals surface area contributed by atoms with Crippen molar-refractivity contribution in [2.45, 2.75) is 24.8 Å². The molecular weight excluding hydrogens is 216 g/mol. The third kappa shape index (κ3) is 4.45. The van der Waals surface area contributed by atoms with Crippen LogP contribution in [0.5, 0.6) is 0 Å². The fraction of sp³-hybridized carbons (Fsp3) is 0.538. The molecule has 1 aromatic carbocycles. The van der Waals surface area contributed by atoms with Crippen LogP contribution in [0.4, 0.5) is 5.69 Å². The molecule has 1 rings (SSSR count). The van der Waals surface area contributed by atoms with Gasteiger partial charge < -0.3 is 10.2 Å². The first-order valence-electron chi connectivity index (χ1n) is 5.72. The van der Waals surface area contributed by atoms with Crippen LogP contribution < -0.4 is 10.2 Å². The van der Waals surface area contributed by atoms with Crippen LogP contribution in [-0.4, -0.2) is 32.4 Å². The second-order valence-corrected chi connectivity index (χ2v) is 5.11. The minimum atomic E-state index is 0.562. The van der Waals surface area contributed by atoms with E-state index in [9.17, 15) is 0 Å². The molecule has 90 valence electrons. The van der Waals surface area contributed by atoms with Gasteiger partial charge in [0.2, 0.25) is 0 Å². The minimum Gasteiger partial charge on any atom is -0.373 e. The summed E-state index contributed by atoms with van der Waals surface area (Å²) in [6.07, 6.45) is 2.10. The number of thioether (sulfide) groups is 1. The molecule has 0 aromatic heterocycles. The number of rotatable bonds is 6. The average molecular weight is 238 g/mol. The fourth-order valence-corrected chi connectivity index (χ4v) is 1.89. The van der Waals surface area contributed by atoms with E-state index in [1.54, 1.807) is 11.8 Å². The van der Waals surface area contributed by atoms with Gasteiger partial charge in [-0.2, -0.15) is 0 Å². The summed E-state index contributed by atoms with van der Waals surface area (Å²) < 4.78 is 0. The van der Waals surface area contributed by atoms with Gasteiger partial charge in [0.15, 0.2) is 0 Å². The van der Waals surface area contributed by atoms with Crippen LogP contribution >= 0.6 is 11.8 Å². The summed E-state index contributed by atoms with van der Waals surface area (Å²) in [6, 6.07) is 9.27. The Morgan fingerprint density at radius 1 is 1.25 bits per heavy atom. The lowest BCUT2D eigenvalue weighted by Crippen LogP contribution is -2.32. The smallest absolute Gasteiger partial charge is 0.0364 e. The molecule has 0 saturated carbocycles. The highest BCUT2D eigenvalue weighted by Crippen LogP contribution is 2.19. The van der Waals surface area contributed by atoms with Crippen molar-refractivity contribution < 1.29 is 0 Å². The molecule has 0 fully saturated rings. The molecular formula is C13H22N2S. The Labute approximate surface area is 103 Å². The number of anilines is 1. The Hall–Kier alpha value is -0.670. The molecule has 0 amide bonds. The van der Waals surface area contributed by atoms with E-state index in [0.29, 0.717) is 6.04 Å². The van der Waals surface area contributed by atoms with Crippen LogP contribution in [0.2, 0.25) is 0 Å². The largest absolute Gasteiger partial charge is 0.373 e. The number of benzene rings is 1. The fourth-order valence-electron chi connectivity index (χ4n) is 1.49. The summed E-state index contributed by atoms with van der Waals surface area (Å²) >= 11 is 1.78. The van der Waals surface area contributed by atoms with Gasteiger partial charge in [0.25, 0.3) is 0 Å². The molecule has 0 heterocycles. The summed E-state index contributed by atoms with van der Waals surface area (Å²) in [6.45, 7) is 6.41. The van der Waals surface area contributed by atoms with Crippen molar-refractivity contribution in [1.82, 2.24) is 5.32 Å². The maximum atomic E-state index is 3.42. The third-order valence-electron chi connectivity index (χ3n) is 2.51. The van der Waals surface area contributed by atoms with E-state index in [1.165, 1.54) is 10.6 Å². The Balaban J connectivity index is 2.43. The van der Waals surface area contributed by atoms with E-state index in [1.807, 2.05) is 0 Å². The van der Waals surface area contributed by atoms with Crippen molar-refractivity contribution in [2.24, 2.45) is 0 Å². The first kappa shape index (κ1) is 13.4. The number of likely N-dealkylation sites (N-methyl/N-ethyl adjacent to an activating group) is 1. The zero-order valence-electron chi connectivity index (χ0n) is 10.7. The van der Waals surface area contributed by atoms with Crippen molar-refractivity contribution in [3.05, 3.63) is 24.3 Å². The zero-order chi connectivity index (χ0) is 12.0. The summed E-state index contributed by atoms with van der Waals surface area (Å²) in [7, 11) is 2.14. The summed E-state index contributed by atoms with van der Waals surface area (Å²) in [4.78, 5) is 3.59. The number of hydrogen-bond acceptors (Lipinski definition) is 3. The predicted octanol–water partition coefficient (Wildman–Crippen LogP) is 2.84. The van der Waals surface area contributed by atoms with Crippen molar-refractivity contribution in [1.29, 1.82) is 0 Å². The highest BCUT2D eigenvalue weighted by atomic mass is 32.2. The molecule has 1 N–H and O–H groups in total. The molecule has 1 aromatic rings. The van der Waals surface area contributed by atoms with Crippen LogP contribution in [-0.2, 0) is 0 Å². The van der Waals surface area contributed by atoms with E-state index in [4.69, 9.17) is 0 Å². The van der Waals surface area contributed by atoms with Crippen molar-refractivity contribution in [2.75, 3.05) is 31.3 Å². The maximum Gasteiger partial charge on any atom is 0.0364 e. The number of hydrogen-bond donors (Lipinski definition) is 1. The van der Waals surface area contributed by atoms with Gasteiger partial charge in [-0.05, 0) is 30.5 Å². The number of nitrogens with zero attached hydrogens (tertiary/aromatic N) is 1. The summed E-state index contributed by atoms with van der Waals surface area (Å²) in [5, 5.41) is 3.42. The average Bonchev–Trinajstić information content (AvgIpc) is 2.28. The molecule has 0 aliphatic rings. The molecule has 16 heavy (non-hydrogen) atoms. The van der Waals surface area contributed by atoms with E-state index < -0.39 is 0 Å². The van der Waals surface area contributed by atoms with Gasteiger partial charge in [0.1, 0.15) is 0 Å². The Morgan fingerprint density at radius 3 is 2.38 bits per heavy atom. The van der Waals surface area contributed by atoms with E-state index in [0.717, 1.165) is 13.1 Å². The highest BCUT2D eigenvalue weighted by molar-refractivity contribution is 7.98. The van der Waals surface area contributed by atoms with Gasteiger partial charge in [-0.15, -0.1) is 11.8 Å².